The molecule has 2 aromatic rings. The lowest BCUT2D eigenvalue weighted by Crippen LogP contribution is -2.50. The summed E-state index contributed by atoms with van der Waals surface area (Å²) < 4.78 is 35.6. The number of rotatable bonds is 6. The summed E-state index contributed by atoms with van der Waals surface area (Å²) >= 11 is 0. The van der Waals surface area contributed by atoms with Crippen molar-refractivity contribution < 1.29 is 22.1 Å². The van der Waals surface area contributed by atoms with Gasteiger partial charge in [0, 0.05) is 0 Å². The van der Waals surface area contributed by atoms with Crippen LogP contribution in [0.1, 0.15) is 30.4 Å². The number of esters is 1. The van der Waals surface area contributed by atoms with E-state index in [2.05, 4.69) is 0 Å². The van der Waals surface area contributed by atoms with E-state index in [1.165, 1.54) is 12.1 Å². The van der Waals surface area contributed by atoms with Crippen molar-refractivity contribution in [1.29, 1.82) is 0 Å². The molecule has 1 fully saturated rings. The Labute approximate surface area is 147 Å². The van der Waals surface area contributed by atoms with Gasteiger partial charge in [-0.05, 0) is 43.9 Å². The number of hydrogen-bond donors (Lipinski definition) is 0. The van der Waals surface area contributed by atoms with E-state index in [0.717, 1.165) is 17.5 Å². The van der Waals surface area contributed by atoms with Crippen molar-refractivity contribution in [3.63, 3.8) is 0 Å². The number of carbonyl (C=O) groups is 1. The van der Waals surface area contributed by atoms with Crippen molar-refractivity contribution in [1.82, 2.24) is 0 Å². The smallest absolute Gasteiger partial charge is 0.340 e. The maximum absolute atomic E-state index is 12.5. The van der Waals surface area contributed by atoms with Gasteiger partial charge in [-0.25, -0.2) is 8.98 Å². The van der Waals surface area contributed by atoms with Crippen LogP contribution < -0.4 is 0 Å². The maximum Gasteiger partial charge on any atom is 0.340 e. The van der Waals surface area contributed by atoms with Crippen molar-refractivity contribution in [2.75, 3.05) is 0 Å². The van der Waals surface area contributed by atoms with Gasteiger partial charge < -0.3 is 4.74 Å². The lowest BCUT2D eigenvalue weighted by atomic mass is 9.80. The summed E-state index contributed by atoms with van der Waals surface area (Å²) in [7, 11) is -4.02. The molecule has 25 heavy (non-hydrogen) atoms. The zero-order valence-electron chi connectivity index (χ0n) is 14.0. The molecule has 0 aliphatic heterocycles. The molecule has 0 bridgehead atoms. The fourth-order valence-corrected chi connectivity index (χ4v) is 3.86. The average molecular weight is 360 g/mol. The van der Waals surface area contributed by atoms with Crippen LogP contribution in [-0.2, 0) is 30.4 Å². The summed E-state index contributed by atoms with van der Waals surface area (Å²) in [6.45, 7) is 1.96. The highest BCUT2D eigenvalue weighted by Gasteiger charge is 2.50. The van der Waals surface area contributed by atoms with Gasteiger partial charge in [0.2, 0.25) is 0 Å². The topological polar surface area (TPSA) is 69.7 Å². The Morgan fingerprint density at radius 1 is 1.04 bits per heavy atom. The maximum atomic E-state index is 12.5. The molecule has 132 valence electrons. The van der Waals surface area contributed by atoms with Gasteiger partial charge in [0.25, 0.3) is 10.1 Å². The Kier molecular flexibility index (Phi) is 4.92. The molecule has 0 spiro atoms. The number of carbonyl (C=O) groups excluding carboxylic acids is 1. The molecule has 3 rings (SSSR count). The minimum atomic E-state index is -4.02. The Morgan fingerprint density at radius 3 is 2.24 bits per heavy atom. The highest BCUT2D eigenvalue weighted by Crippen LogP contribution is 2.39. The largest absolute Gasteiger partial charge is 0.459 e. The number of hydrogen-bond acceptors (Lipinski definition) is 5. The Hall–Kier alpha value is -2.18. The fraction of sp³-hybridized carbons (Fsp3) is 0.316. The lowest BCUT2D eigenvalue weighted by molar-refractivity contribution is -0.171. The molecule has 1 aliphatic rings. The molecule has 0 amide bonds. The molecule has 1 aliphatic carbocycles. The summed E-state index contributed by atoms with van der Waals surface area (Å²) in [4.78, 5) is 12.5. The van der Waals surface area contributed by atoms with E-state index < -0.39 is 21.7 Å². The summed E-state index contributed by atoms with van der Waals surface area (Å²) in [6, 6.07) is 15.6. The fourth-order valence-electron chi connectivity index (χ4n) is 2.64. The Morgan fingerprint density at radius 2 is 1.68 bits per heavy atom. The standard InChI is InChI=1S/C19H20O5S/c1-15-8-10-17(11-9-15)25(21,22)24-19(12-5-13-19)18(20)23-14-16-6-3-2-4-7-16/h2-4,6-11H,5,12-14H2,1H3. The van der Waals surface area contributed by atoms with Gasteiger partial charge in [0.1, 0.15) is 6.61 Å². The Bertz CT molecular complexity index is 837. The monoisotopic (exact) mass is 360 g/mol. The quantitative estimate of drug-likeness (QED) is 0.583. The minimum absolute atomic E-state index is 0.0419. The molecular formula is C19H20O5S. The average Bonchev–Trinajstić information content (AvgIpc) is 2.57. The molecule has 0 N–H and O–H groups in total. The van der Waals surface area contributed by atoms with E-state index in [0.29, 0.717) is 12.8 Å². The number of ether oxygens (including phenoxy) is 1. The molecule has 0 unspecified atom stereocenters. The van der Waals surface area contributed by atoms with E-state index >= 15 is 0 Å². The molecule has 2 aromatic carbocycles. The third-order valence-corrected chi connectivity index (χ3v) is 5.71. The van der Waals surface area contributed by atoms with E-state index in [1.807, 2.05) is 37.3 Å². The second-order valence-corrected chi connectivity index (χ2v) is 7.81. The highest BCUT2D eigenvalue weighted by molar-refractivity contribution is 7.86. The van der Waals surface area contributed by atoms with Crippen LogP contribution in [0, 0.1) is 6.92 Å². The zero-order chi connectivity index (χ0) is 17.9. The zero-order valence-corrected chi connectivity index (χ0v) is 14.8. The predicted molar refractivity (Wildman–Crippen MR) is 92.3 cm³/mol. The van der Waals surface area contributed by atoms with Crippen LogP contribution >= 0.6 is 0 Å². The molecule has 0 aromatic heterocycles. The molecule has 1 saturated carbocycles. The molecular weight excluding hydrogens is 340 g/mol. The van der Waals surface area contributed by atoms with Crippen LogP contribution in [0.4, 0.5) is 0 Å². The second kappa shape index (κ2) is 6.98. The number of benzene rings is 2. The summed E-state index contributed by atoms with van der Waals surface area (Å²) in [5, 5.41) is 0. The molecule has 0 atom stereocenters. The van der Waals surface area contributed by atoms with Crippen LogP contribution in [0.3, 0.4) is 0 Å². The van der Waals surface area contributed by atoms with Gasteiger partial charge in [-0.15, -0.1) is 0 Å². The van der Waals surface area contributed by atoms with Gasteiger partial charge in [0.05, 0.1) is 4.90 Å². The van der Waals surface area contributed by atoms with Gasteiger partial charge in [-0.1, -0.05) is 48.0 Å². The second-order valence-electron chi connectivity index (χ2n) is 6.26. The summed E-state index contributed by atoms with van der Waals surface area (Å²) in [6.07, 6.45) is 1.40. The summed E-state index contributed by atoms with van der Waals surface area (Å²) in [5.74, 6) is -0.627. The van der Waals surface area contributed by atoms with Crippen LogP contribution in [0.5, 0.6) is 0 Å². The SMILES string of the molecule is Cc1ccc(S(=O)(=O)OC2(C(=O)OCc3ccccc3)CCC2)cc1. The molecule has 0 radical (unpaired) electrons. The Balaban J connectivity index is 1.72. The first kappa shape index (κ1) is 17.6. The van der Waals surface area contributed by atoms with E-state index in [-0.39, 0.29) is 11.5 Å². The van der Waals surface area contributed by atoms with Gasteiger partial charge in [-0.2, -0.15) is 8.42 Å². The lowest BCUT2D eigenvalue weighted by Gasteiger charge is -2.37. The number of aryl methyl sites for hydroxylation is 1. The van der Waals surface area contributed by atoms with Gasteiger partial charge in [0.15, 0.2) is 5.60 Å². The first-order valence-electron chi connectivity index (χ1n) is 8.15. The van der Waals surface area contributed by atoms with E-state index in [1.54, 1.807) is 12.1 Å². The summed E-state index contributed by atoms with van der Waals surface area (Å²) in [5.41, 5.74) is 0.379. The van der Waals surface area contributed by atoms with Crippen molar-refractivity contribution >= 4 is 16.1 Å². The van der Waals surface area contributed by atoms with E-state index in [4.69, 9.17) is 8.92 Å². The molecule has 0 saturated heterocycles. The van der Waals surface area contributed by atoms with Crippen LogP contribution in [-0.4, -0.2) is 20.0 Å². The van der Waals surface area contributed by atoms with Gasteiger partial charge in [-0.3, -0.25) is 0 Å². The molecule has 5 nitrogen and oxygen atoms in total. The van der Waals surface area contributed by atoms with Gasteiger partial charge >= 0.3 is 5.97 Å². The minimum Gasteiger partial charge on any atom is -0.459 e. The van der Waals surface area contributed by atoms with Crippen molar-refractivity contribution in [3.8, 4) is 0 Å². The molecule has 6 heteroatoms. The van der Waals surface area contributed by atoms with Crippen LogP contribution in [0.15, 0.2) is 59.5 Å². The van der Waals surface area contributed by atoms with Crippen LogP contribution in [0.2, 0.25) is 0 Å². The van der Waals surface area contributed by atoms with Crippen molar-refractivity contribution in [3.05, 3.63) is 65.7 Å². The normalized spacial score (nSPS) is 16.0. The first-order valence-corrected chi connectivity index (χ1v) is 9.56. The first-order chi connectivity index (χ1) is 11.9. The van der Waals surface area contributed by atoms with Crippen molar-refractivity contribution in [2.24, 2.45) is 0 Å². The third-order valence-electron chi connectivity index (χ3n) is 4.32. The highest BCUT2D eigenvalue weighted by atomic mass is 32.2. The predicted octanol–water partition coefficient (Wildman–Crippen LogP) is 3.37. The van der Waals surface area contributed by atoms with Crippen molar-refractivity contribution in [2.45, 2.75) is 43.3 Å². The van der Waals surface area contributed by atoms with Crippen LogP contribution in [0.25, 0.3) is 0 Å². The molecule has 0 heterocycles. The third kappa shape index (κ3) is 3.91. The van der Waals surface area contributed by atoms with E-state index in [9.17, 15) is 13.2 Å².